The number of carbonyl (C=O) groups excluding carboxylic acids is 1. The molecule has 1 aromatic carbocycles. The van der Waals surface area contributed by atoms with E-state index >= 15 is 0 Å². The second-order valence-electron chi connectivity index (χ2n) is 4.30. The number of benzene rings is 1. The zero-order valence-electron chi connectivity index (χ0n) is 11.9. The summed E-state index contributed by atoms with van der Waals surface area (Å²) >= 11 is 0. The molecule has 0 spiro atoms. The van der Waals surface area contributed by atoms with E-state index in [1.807, 2.05) is 18.2 Å². The Morgan fingerprint density at radius 2 is 1.95 bits per heavy atom. The summed E-state index contributed by atoms with van der Waals surface area (Å²) in [5.41, 5.74) is 7.31. The van der Waals surface area contributed by atoms with E-state index in [0.29, 0.717) is 29.3 Å². The molecule has 0 fully saturated rings. The molecule has 0 aliphatic heterocycles. The lowest BCUT2D eigenvalue weighted by Crippen LogP contribution is -2.24. The number of amides is 1. The number of nitrogen functional groups attached to an aromatic ring is 1. The number of nitrogens with one attached hydrogen (secondary N) is 1. The summed E-state index contributed by atoms with van der Waals surface area (Å²) in [6.07, 6.45) is 1.67. The third kappa shape index (κ3) is 3.42. The number of ether oxygens (including phenoxy) is 2. The largest absolute Gasteiger partial charge is 0.493 e. The Morgan fingerprint density at radius 1 is 1.24 bits per heavy atom. The average molecular weight is 287 g/mol. The first-order valence-electron chi connectivity index (χ1n) is 6.35. The average Bonchev–Trinajstić information content (AvgIpc) is 2.53. The minimum atomic E-state index is -0.292. The first kappa shape index (κ1) is 14.6. The third-order valence-corrected chi connectivity index (χ3v) is 2.96. The number of pyridine rings is 1. The van der Waals surface area contributed by atoms with Crippen LogP contribution in [0.2, 0.25) is 0 Å². The fraction of sp³-hybridized carbons (Fsp3) is 0.200. The molecule has 3 N–H and O–H groups in total. The highest BCUT2D eigenvalue weighted by Crippen LogP contribution is 2.31. The van der Waals surface area contributed by atoms with E-state index in [4.69, 9.17) is 15.2 Å². The number of carbonyl (C=O) groups is 1. The van der Waals surface area contributed by atoms with Gasteiger partial charge in [0.2, 0.25) is 0 Å². The normalized spacial score (nSPS) is 10.0. The summed E-state index contributed by atoms with van der Waals surface area (Å²) in [4.78, 5) is 16.3. The fourth-order valence-corrected chi connectivity index (χ4v) is 1.86. The number of anilines is 1. The van der Waals surface area contributed by atoms with Gasteiger partial charge in [-0.1, -0.05) is 6.07 Å². The number of nitrogens with two attached hydrogens (primary N) is 1. The van der Waals surface area contributed by atoms with Crippen molar-refractivity contribution in [3.8, 4) is 11.5 Å². The van der Waals surface area contributed by atoms with Gasteiger partial charge in [-0.15, -0.1) is 0 Å². The van der Waals surface area contributed by atoms with Crippen molar-refractivity contribution in [2.75, 3.05) is 20.0 Å². The van der Waals surface area contributed by atoms with Crippen LogP contribution in [0.25, 0.3) is 0 Å². The van der Waals surface area contributed by atoms with Crippen molar-refractivity contribution in [3.63, 3.8) is 0 Å². The summed E-state index contributed by atoms with van der Waals surface area (Å²) < 4.78 is 10.3. The fourth-order valence-electron chi connectivity index (χ4n) is 1.86. The maximum Gasteiger partial charge on any atom is 0.253 e. The van der Waals surface area contributed by atoms with Crippen LogP contribution in [0.3, 0.4) is 0 Å². The lowest BCUT2D eigenvalue weighted by molar-refractivity contribution is 0.0951. The highest BCUT2D eigenvalue weighted by Gasteiger charge is 2.15. The van der Waals surface area contributed by atoms with Crippen LogP contribution in [-0.4, -0.2) is 25.1 Å². The molecule has 1 aromatic heterocycles. The molecule has 0 radical (unpaired) electrons. The molecule has 0 bridgehead atoms. The molecule has 2 aromatic rings. The van der Waals surface area contributed by atoms with Crippen molar-refractivity contribution in [3.05, 3.63) is 47.8 Å². The standard InChI is InChI=1S/C15H17N3O3/c1-20-13-7-11(12(16)8-14(13)21-2)15(19)18-9-10-5-3-4-6-17-10/h3-8H,9,16H2,1-2H3,(H,18,19). The van der Waals surface area contributed by atoms with Gasteiger partial charge >= 0.3 is 0 Å². The minimum Gasteiger partial charge on any atom is -0.493 e. The second-order valence-corrected chi connectivity index (χ2v) is 4.30. The van der Waals surface area contributed by atoms with Crippen molar-refractivity contribution in [1.29, 1.82) is 0 Å². The van der Waals surface area contributed by atoms with Gasteiger partial charge in [0, 0.05) is 18.0 Å². The summed E-state index contributed by atoms with van der Waals surface area (Å²) in [6.45, 7) is 0.327. The van der Waals surface area contributed by atoms with Gasteiger partial charge in [-0.2, -0.15) is 0 Å². The van der Waals surface area contributed by atoms with Gasteiger partial charge in [-0.25, -0.2) is 0 Å². The Balaban J connectivity index is 2.15. The van der Waals surface area contributed by atoms with Crippen molar-refractivity contribution < 1.29 is 14.3 Å². The Kier molecular flexibility index (Phi) is 4.61. The number of hydrogen-bond donors (Lipinski definition) is 2. The van der Waals surface area contributed by atoms with E-state index < -0.39 is 0 Å². The Bertz CT molecular complexity index is 630. The Hall–Kier alpha value is -2.76. The van der Waals surface area contributed by atoms with Crippen LogP contribution < -0.4 is 20.5 Å². The zero-order chi connectivity index (χ0) is 15.2. The third-order valence-electron chi connectivity index (χ3n) is 2.96. The lowest BCUT2D eigenvalue weighted by Gasteiger charge is -2.12. The predicted octanol–water partition coefficient (Wildman–Crippen LogP) is 1.61. The highest BCUT2D eigenvalue weighted by atomic mass is 16.5. The van der Waals surface area contributed by atoms with Crippen molar-refractivity contribution in [1.82, 2.24) is 10.3 Å². The molecule has 6 nitrogen and oxygen atoms in total. The van der Waals surface area contributed by atoms with E-state index in [0.717, 1.165) is 5.69 Å². The highest BCUT2D eigenvalue weighted by molar-refractivity contribution is 6.00. The molecule has 1 heterocycles. The SMILES string of the molecule is COc1cc(N)c(C(=O)NCc2ccccn2)cc1OC. The van der Waals surface area contributed by atoms with Crippen molar-refractivity contribution in [2.45, 2.75) is 6.54 Å². The molecule has 110 valence electrons. The smallest absolute Gasteiger partial charge is 0.253 e. The molecular formula is C15H17N3O3. The topological polar surface area (TPSA) is 86.5 Å². The first-order chi connectivity index (χ1) is 10.2. The second kappa shape index (κ2) is 6.60. The van der Waals surface area contributed by atoms with Crippen LogP contribution in [0, 0.1) is 0 Å². The lowest BCUT2D eigenvalue weighted by atomic mass is 10.1. The van der Waals surface area contributed by atoms with Gasteiger partial charge in [0.1, 0.15) is 0 Å². The van der Waals surface area contributed by atoms with Crippen LogP contribution in [-0.2, 0) is 6.54 Å². The molecule has 0 aliphatic rings. The molecule has 2 rings (SSSR count). The van der Waals surface area contributed by atoms with Gasteiger partial charge in [0.15, 0.2) is 11.5 Å². The first-order valence-corrected chi connectivity index (χ1v) is 6.35. The van der Waals surface area contributed by atoms with Crippen molar-refractivity contribution >= 4 is 11.6 Å². The monoisotopic (exact) mass is 287 g/mol. The van der Waals surface area contributed by atoms with Gasteiger partial charge in [-0.3, -0.25) is 9.78 Å². The number of rotatable bonds is 5. The maximum atomic E-state index is 12.2. The summed E-state index contributed by atoms with van der Waals surface area (Å²) in [6, 6.07) is 8.63. The molecule has 0 atom stereocenters. The number of nitrogens with zero attached hydrogens (tertiary/aromatic N) is 1. The molecular weight excluding hydrogens is 270 g/mol. The number of hydrogen-bond acceptors (Lipinski definition) is 5. The van der Waals surface area contributed by atoms with E-state index in [1.165, 1.54) is 14.2 Å². The van der Waals surface area contributed by atoms with E-state index in [1.54, 1.807) is 18.3 Å². The minimum absolute atomic E-state index is 0.292. The molecule has 0 aliphatic carbocycles. The van der Waals surface area contributed by atoms with Gasteiger partial charge in [-0.05, 0) is 18.2 Å². The zero-order valence-corrected chi connectivity index (χ0v) is 11.9. The summed E-state index contributed by atoms with van der Waals surface area (Å²) in [5, 5.41) is 2.77. The Labute approximate surface area is 122 Å². The number of methoxy groups -OCH3 is 2. The molecule has 0 saturated heterocycles. The Morgan fingerprint density at radius 3 is 2.57 bits per heavy atom. The van der Waals surface area contributed by atoms with Gasteiger partial charge in [0.25, 0.3) is 5.91 Å². The molecule has 6 heteroatoms. The molecule has 1 amide bonds. The number of aromatic nitrogens is 1. The van der Waals surface area contributed by atoms with Crippen LogP contribution >= 0.6 is 0 Å². The van der Waals surface area contributed by atoms with Crippen LogP contribution in [0.4, 0.5) is 5.69 Å². The van der Waals surface area contributed by atoms with Crippen LogP contribution in [0.15, 0.2) is 36.5 Å². The van der Waals surface area contributed by atoms with E-state index in [2.05, 4.69) is 10.3 Å². The van der Waals surface area contributed by atoms with Crippen LogP contribution in [0.1, 0.15) is 16.1 Å². The molecule has 0 saturated carbocycles. The molecule has 21 heavy (non-hydrogen) atoms. The van der Waals surface area contributed by atoms with Crippen LogP contribution in [0.5, 0.6) is 11.5 Å². The quantitative estimate of drug-likeness (QED) is 0.816. The van der Waals surface area contributed by atoms with E-state index in [-0.39, 0.29) is 5.91 Å². The van der Waals surface area contributed by atoms with Gasteiger partial charge < -0.3 is 20.5 Å². The van der Waals surface area contributed by atoms with Gasteiger partial charge in [0.05, 0.1) is 32.0 Å². The summed E-state index contributed by atoms with van der Waals surface area (Å²) in [7, 11) is 3.02. The van der Waals surface area contributed by atoms with Crippen molar-refractivity contribution in [2.24, 2.45) is 0 Å². The van der Waals surface area contributed by atoms with E-state index in [9.17, 15) is 4.79 Å². The molecule has 0 unspecified atom stereocenters. The summed E-state index contributed by atoms with van der Waals surface area (Å²) in [5.74, 6) is 0.644. The predicted molar refractivity (Wildman–Crippen MR) is 79.4 cm³/mol. The maximum absolute atomic E-state index is 12.2.